The summed E-state index contributed by atoms with van der Waals surface area (Å²) in [7, 11) is 3.38. The van der Waals surface area contributed by atoms with E-state index in [9.17, 15) is 9.35 Å². The van der Waals surface area contributed by atoms with Crippen molar-refractivity contribution in [2.75, 3.05) is 26.6 Å². The molecule has 0 rings (SSSR count). The molecular weight excluding hydrogens is 138 g/mol. The molecule has 56 valence electrons. The van der Waals surface area contributed by atoms with E-state index in [0.29, 0.717) is 0 Å². The van der Waals surface area contributed by atoms with Gasteiger partial charge in [-0.15, -0.1) is 0 Å². The fraction of sp³-hybridized carbons (Fsp3) is 0.800. The minimum atomic E-state index is -0.611. The number of hydrogen-bond donors (Lipinski definition) is 0. The zero-order valence-corrected chi connectivity index (χ0v) is 7.07. The largest absolute Gasteiger partial charge is 0.617 e. The van der Waals surface area contributed by atoms with Gasteiger partial charge in [0.25, 0.3) is 0 Å². The number of hydrogen-bond acceptors (Lipinski definition) is 2. The molecule has 0 aliphatic rings. The van der Waals surface area contributed by atoms with Crippen molar-refractivity contribution in [1.29, 1.82) is 0 Å². The fourth-order valence-corrected chi connectivity index (χ4v) is 0. The molecule has 0 fully saturated rings. The van der Waals surface area contributed by atoms with E-state index in [2.05, 4.69) is 0 Å². The second kappa shape index (κ2) is 7.78. The Bertz CT molecular complexity index is 63.2. The highest BCUT2D eigenvalue weighted by Gasteiger charge is 1.68. The predicted octanol–water partition coefficient (Wildman–Crippen LogP) is -0.301. The summed E-state index contributed by atoms with van der Waals surface area (Å²) in [4.78, 5) is 10.9. The molecule has 0 radical (unpaired) electrons. The molecule has 3 nitrogen and oxygen atoms in total. The Balaban J connectivity index is 0. The summed E-state index contributed by atoms with van der Waals surface area (Å²) in [6.07, 6.45) is 4.03. The van der Waals surface area contributed by atoms with E-state index in [1.807, 2.05) is 0 Å². The smallest absolute Gasteiger partial charge is 0.209 e. The van der Waals surface area contributed by atoms with E-state index in [4.69, 9.17) is 0 Å². The summed E-state index contributed by atoms with van der Waals surface area (Å²) in [6, 6.07) is 0. The summed E-state index contributed by atoms with van der Waals surface area (Å²) in [5, 5.41) is 0. The molecule has 4 heteroatoms. The second-order valence-electron chi connectivity index (χ2n) is 1.81. The molecule has 0 aliphatic heterocycles. The van der Waals surface area contributed by atoms with Crippen molar-refractivity contribution in [2.45, 2.75) is 0 Å². The molecule has 0 bridgehead atoms. The summed E-state index contributed by atoms with van der Waals surface area (Å²) in [5.74, 6) is 0. The average molecular weight is 151 g/mol. The molecule has 0 unspecified atom stereocenters. The quantitative estimate of drug-likeness (QED) is 0.381. The SMILES string of the molecule is CN(C)C=O.C[S+](C)[O-]. The van der Waals surface area contributed by atoms with Crippen molar-refractivity contribution in [3.8, 4) is 0 Å². The van der Waals surface area contributed by atoms with Gasteiger partial charge in [0, 0.05) is 14.1 Å². The van der Waals surface area contributed by atoms with Crippen LogP contribution in [0.2, 0.25) is 0 Å². The van der Waals surface area contributed by atoms with Crippen molar-refractivity contribution < 1.29 is 9.35 Å². The number of amides is 1. The van der Waals surface area contributed by atoms with E-state index in [0.717, 1.165) is 6.41 Å². The maximum Gasteiger partial charge on any atom is 0.209 e. The summed E-state index contributed by atoms with van der Waals surface area (Å²) >= 11 is -0.611. The van der Waals surface area contributed by atoms with Crippen LogP contribution in [0.3, 0.4) is 0 Å². The lowest BCUT2D eigenvalue weighted by atomic mass is 11.0. The lowest BCUT2D eigenvalue weighted by Crippen LogP contribution is -2.06. The summed E-state index contributed by atoms with van der Waals surface area (Å²) in [5.41, 5.74) is 0. The van der Waals surface area contributed by atoms with E-state index in [1.165, 1.54) is 4.90 Å². The van der Waals surface area contributed by atoms with Crippen LogP contribution in [0.25, 0.3) is 0 Å². The first kappa shape index (κ1) is 11.6. The van der Waals surface area contributed by atoms with Gasteiger partial charge >= 0.3 is 0 Å². The second-order valence-corrected chi connectivity index (χ2v) is 3.29. The van der Waals surface area contributed by atoms with Crippen molar-refractivity contribution in [3.63, 3.8) is 0 Å². The maximum absolute atomic E-state index is 9.56. The Labute approximate surface area is 59.2 Å². The van der Waals surface area contributed by atoms with Gasteiger partial charge in [-0.2, -0.15) is 0 Å². The van der Waals surface area contributed by atoms with Gasteiger partial charge in [-0.1, -0.05) is 11.2 Å². The first-order chi connectivity index (χ1) is 4.00. The summed E-state index contributed by atoms with van der Waals surface area (Å²) < 4.78 is 9.56. The number of carbonyl (C=O) groups excluding carboxylic acids is 1. The lowest BCUT2D eigenvalue weighted by molar-refractivity contribution is -0.115. The van der Waals surface area contributed by atoms with Gasteiger partial charge in [-0.05, 0) is 0 Å². The number of nitrogens with zero attached hydrogens (tertiary/aromatic N) is 1. The van der Waals surface area contributed by atoms with Gasteiger partial charge in [-0.3, -0.25) is 4.79 Å². The van der Waals surface area contributed by atoms with E-state index in [-0.39, 0.29) is 0 Å². The van der Waals surface area contributed by atoms with Crippen LogP contribution in [0, 0.1) is 0 Å². The first-order valence-corrected chi connectivity index (χ1v) is 4.34. The Morgan fingerprint density at radius 1 is 1.44 bits per heavy atom. The van der Waals surface area contributed by atoms with Gasteiger partial charge in [0.05, 0.1) is 12.5 Å². The Kier molecular flexibility index (Phi) is 9.99. The molecule has 0 atom stereocenters. The van der Waals surface area contributed by atoms with Gasteiger partial charge in [0.15, 0.2) is 0 Å². The topological polar surface area (TPSA) is 43.4 Å². The molecule has 9 heavy (non-hydrogen) atoms. The monoisotopic (exact) mass is 151 g/mol. The number of carbonyl (C=O) groups is 1. The van der Waals surface area contributed by atoms with Crippen LogP contribution in [0.15, 0.2) is 0 Å². The first-order valence-electron chi connectivity index (χ1n) is 2.37. The van der Waals surface area contributed by atoms with Crippen LogP contribution in [-0.4, -0.2) is 42.5 Å². The normalized spacial score (nSPS) is 7.78. The van der Waals surface area contributed by atoms with Gasteiger partial charge in [-0.25, -0.2) is 0 Å². The molecule has 0 aliphatic carbocycles. The van der Waals surface area contributed by atoms with Crippen LogP contribution in [0.5, 0.6) is 0 Å². The Hall–Kier alpha value is -0.220. The minimum Gasteiger partial charge on any atom is -0.617 e. The zero-order chi connectivity index (χ0) is 7.86. The summed E-state index contributed by atoms with van der Waals surface area (Å²) in [6.45, 7) is 0. The lowest BCUT2D eigenvalue weighted by Gasteiger charge is -1.93. The van der Waals surface area contributed by atoms with E-state index >= 15 is 0 Å². The van der Waals surface area contributed by atoms with Crippen molar-refractivity contribution in [1.82, 2.24) is 4.90 Å². The third-order valence-electron chi connectivity index (χ3n) is 0.211. The van der Waals surface area contributed by atoms with E-state index < -0.39 is 11.2 Å². The van der Waals surface area contributed by atoms with Crippen molar-refractivity contribution in [2.24, 2.45) is 0 Å². The molecule has 0 aromatic carbocycles. The van der Waals surface area contributed by atoms with Gasteiger partial charge in [0.1, 0.15) is 0 Å². The van der Waals surface area contributed by atoms with Gasteiger partial charge < -0.3 is 9.45 Å². The molecule has 0 aromatic heterocycles. The van der Waals surface area contributed by atoms with Crippen LogP contribution in [0.4, 0.5) is 0 Å². The standard InChI is InChI=1S/C3H7NO.C2H6OS/c1-4(2)3-5;1-4(2)3/h3H,1-2H3;1-2H3. The van der Waals surface area contributed by atoms with Crippen LogP contribution >= 0.6 is 0 Å². The number of rotatable bonds is 1. The maximum atomic E-state index is 9.56. The molecule has 0 heterocycles. The predicted molar refractivity (Wildman–Crippen MR) is 39.7 cm³/mol. The Morgan fingerprint density at radius 3 is 1.56 bits per heavy atom. The molecule has 0 aromatic rings. The molecule has 0 saturated carbocycles. The highest BCUT2D eigenvalue weighted by atomic mass is 32.2. The van der Waals surface area contributed by atoms with E-state index in [1.54, 1.807) is 26.6 Å². The average Bonchev–Trinajstić information content (AvgIpc) is 1.65. The van der Waals surface area contributed by atoms with Gasteiger partial charge in [0.2, 0.25) is 6.41 Å². The van der Waals surface area contributed by atoms with Crippen LogP contribution in [-0.2, 0) is 16.0 Å². The molecule has 0 N–H and O–H groups in total. The van der Waals surface area contributed by atoms with Crippen LogP contribution < -0.4 is 0 Å². The minimum absolute atomic E-state index is 0.611. The third kappa shape index (κ3) is 82.0. The third-order valence-corrected chi connectivity index (χ3v) is 0.211. The molecule has 0 saturated heterocycles. The molecule has 1 amide bonds. The highest BCUT2D eigenvalue weighted by Crippen LogP contribution is 1.61. The van der Waals surface area contributed by atoms with Crippen molar-refractivity contribution >= 4 is 17.6 Å². The molecule has 0 spiro atoms. The molecular formula is C5H13NO2S. The van der Waals surface area contributed by atoms with Crippen molar-refractivity contribution in [3.05, 3.63) is 0 Å². The van der Waals surface area contributed by atoms with Crippen LogP contribution in [0.1, 0.15) is 0 Å². The zero-order valence-electron chi connectivity index (χ0n) is 6.25. The fourth-order valence-electron chi connectivity index (χ4n) is 0. The Morgan fingerprint density at radius 2 is 1.56 bits per heavy atom. The highest BCUT2D eigenvalue weighted by molar-refractivity contribution is 7.89.